The summed E-state index contributed by atoms with van der Waals surface area (Å²) in [5.41, 5.74) is 11.1. The second-order valence-corrected chi connectivity index (χ2v) is 4.05. The molecular weight excluding hydrogens is 198 g/mol. The number of rotatable bonds is 2. The molecule has 2 rings (SSSR count). The third-order valence-corrected chi connectivity index (χ3v) is 2.87. The van der Waals surface area contributed by atoms with E-state index in [0.717, 1.165) is 23.5 Å². The molecule has 3 heteroatoms. The molecule has 84 valence electrons. The summed E-state index contributed by atoms with van der Waals surface area (Å²) in [6, 6.07) is 6.31. The Morgan fingerprint density at radius 2 is 2.06 bits per heavy atom. The zero-order chi connectivity index (χ0) is 11.7. The van der Waals surface area contributed by atoms with Gasteiger partial charge >= 0.3 is 0 Å². The van der Waals surface area contributed by atoms with Gasteiger partial charge in [-0.3, -0.25) is 0 Å². The summed E-state index contributed by atoms with van der Waals surface area (Å²) in [4.78, 5) is 0. The molecule has 1 aromatic heterocycles. The van der Waals surface area contributed by atoms with E-state index in [4.69, 9.17) is 5.73 Å². The number of hydrogen-bond acceptors (Lipinski definition) is 2. The van der Waals surface area contributed by atoms with Crippen LogP contribution in [0.15, 0.2) is 24.4 Å². The Morgan fingerprint density at radius 1 is 1.31 bits per heavy atom. The standard InChI is InChI=1S/C13H17N3/c1-4-11-7-5-6-9(2)13(11)16-8-12(14)10(3)15-16/h5-8H,4,14H2,1-3H3. The largest absolute Gasteiger partial charge is 0.396 e. The summed E-state index contributed by atoms with van der Waals surface area (Å²) in [6.07, 6.45) is 2.88. The molecule has 0 fully saturated rings. The summed E-state index contributed by atoms with van der Waals surface area (Å²) < 4.78 is 1.89. The number of nitrogens with zero attached hydrogens (tertiary/aromatic N) is 2. The third kappa shape index (κ3) is 1.69. The quantitative estimate of drug-likeness (QED) is 0.837. The SMILES string of the molecule is CCc1cccc(C)c1-n1cc(N)c(C)n1. The lowest BCUT2D eigenvalue weighted by atomic mass is 10.1. The second-order valence-electron chi connectivity index (χ2n) is 4.05. The molecule has 0 saturated carbocycles. The Kier molecular flexibility index (Phi) is 2.69. The van der Waals surface area contributed by atoms with Crippen LogP contribution in [0.3, 0.4) is 0 Å². The molecule has 0 spiro atoms. The van der Waals surface area contributed by atoms with Gasteiger partial charge in [0.1, 0.15) is 0 Å². The fourth-order valence-corrected chi connectivity index (χ4v) is 1.92. The molecule has 0 amide bonds. The number of nitrogens with two attached hydrogens (primary N) is 1. The molecule has 0 aliphatic carbocycles. The Bertz CT molecular complexity index is 492. The van der Waals surface area contributed by atoms with Gasteiger partial charge in [-0.1, -0.05) is 25.1 Å². The molecule has 0 saturated heterocycles. The van der Waals surface area contributed by atoms with Crippen LogP contribution in [0.4, 0.5) is 5.69 Å². The van der Waals surface area contributed by atoms with Gasteiger partial charge in [-0.25, -0.2) is 4.68 Å². The van der Waals surface area contributed by atoms with Gasteiger partial charge in [0.2, 0.25) is 0 Å². The van der Waals surface area contributed by atoms with Crippen molar-refractivity contribution in [2.45, 2.75) is 27.2 Å². The maximum atomic E-state index is 5.84. The molecule has 1 heterocycles. The van der Waals surface area contributed by atoms with Crippen molar-refractivity contribution in [3.8, 4) is 5.69 Å². The molecule has 0 aliphatic rings. The first-order valence-corrected chi connectivity index (χ1v) is 5.54. The van der Waals surface area contributed by atoms with Crippen LogP contribution in [0.25, 0.3) is 5.69 Å². The van der Waals surface area contributed by atoms with Gasteiger partial charge in [0, 0.05) is 0 Å². The summed E-state index contributed by atoms with van der Waals surface area (Å²) in [5, 5.41) is 4.44. The van der Waals surface area contributed by atoms with E-state index in [0.29, 0.717) is 0 Å². The number of benzene rings is 1. The molecule has 0 aliphatic heterocycles. The van der Waals surface area contributed by atoms with E-state index >= 15 is 0 Å². The highest BCUT2D eigenvalue weighted by molar-refractivity contribution is 5.50. The molecule has 0 unspecified atom stereocenters. The molecule has 0 bridgehead atoms. The Morgan fingerprint density at radius 3 is 2.62 bits per heavy atom. The summed E-state index contributed by atoms with van der Waals surface area (Å²) in [5.74, 6) is 0. The van der Waals surface area contributed by atoms with E-state index in [1.54, 1.807) is 0 Å². The number of para-hydroxylation sites is 1. The van der Waals surface area contributed by atoms with Gasteiger partial charge < -0.3 is 5.73 Å². The lowest BCUT2D eigenvalue weighted by molar-refractivity contribution is 0.840. The second kappa shape index (κ2) is 4.00. The Labute approximate surface area is 95.9 Å². The topological polar surface area (TPSA) is 43.8 Å². The van der Waals surface area contributed by atoms with E-state index in [9.17, 15) is 0 Å². The van der Waals surface area contributed by atoms with E-state index < -0.39 is 0 Å². The highest BCUT2D eigenvalue weighted by Gasteiger charge is 2.09. The predicted molar refractivity (Wildman–Crippen MR) is 66.8 cm³/mol. The fraction of sp³-hybridized carbons (Fsp3) is 0.308. The zero-order valence-electron chi connectivity index (χ0n) is 9.99. The van der Waals surface area contributed by atoms with Crippen molar-refractivity contribution in [3.63, 3.8) is 0 Å². The lowest BCUT2D eigenvalue weighted by Gasteiger charge is -2.10. The maximum Gasteiger partial charge on any atom is 0.0827 e. The first kappa shape index (κ1) is 10.7. The monoisotopic (exact) mass is 215 g/mol. The smallest absolute Gasteiger partial charge is 0.0827 e. The Hall–Kier alpha value is -1.77. The summed E-state index contributed by atoms with van der Waals surface area (Å²) in [6.45, 7) is 6.18. The van der Waals surface area contributed by atoms with Crippen molar-refractivity contribution in [3.05, 3.63) is 41.2 Å². The number of nitrogen functional groups attached to an aromatic ring is 1. The van der Waals surface area contributed by atoms with Gasteiger partial charge in [0.05, 0.1) is 23.3 Å². The molecule has 2 aromatic rings. The molecule has 2 N–H and O–H groups in total. The molecule has 0 radical (unpaired) electrons. The molecule has 1 aromatic carbocycles. The van der Waals surface area contributed by atoms with Crippen LogP contribution in [0.1, 0.15) is 23.7 Å². The van der Waals surface area contributed by atoms with Crippen LogP contribution in [0.5, 0.6) is 0 Å². The van der Waals surface area contributed by atoms with Crippen molar-refractivity contribution in [1.82, 2.24) is 9.78 Å². The van der Waals surface area contributed by atoms with Gasteiger partial charge in [-0.2, -0.15) is 5.10 Å². The molecule has 3 nitrogen and oxygen atoms in total. The summed E-state index contributed by atoms with van der Waals surface area (Å²) >= 11 is 0. The third-order valence-electron chi connectivity index (χ3n) is 2.87. The van der Waals surface area contributed by atoms with Crippen molar-refractivity contribution in [1.29, 1.82) is 0 Å². The predicted octanol–water partition coefficient (Wildman–Crippen LogP) is 2.63. The highest BCUT2D eigenvalue weighted by Crippen LogP contribution is 2.21. The Balaban J connectivity index is 2.62. The van der Waals surface area contributed by atoms with E-state index in [2.05, 4.69) is 37.1 Å². The van der Waals surface area contributed by atoms with Gasteiger partial charge in [-0.05, 0) is 31.4 Å². The van der Waals surface area contributed by atoms with Crippen LogP contribution in [0, 0.1) is 13.8 Å². The zero-order valence-corrected chi connectivity index (χ0v) is 9.99. The molecular formula is C13H17N3. The van der Waals surface area contributed by atoms with Gasteiger partial charge in [0.25, 0.3) is 0 Å². The number of aromatic nitrogens is 2. The maximum absolute atomic E-state index is 5.84. The van der Waals surface area contributed by atoms with E-state index in [1.165, 1.54) is 11.1 Å². The first-order chi connectivity index (χ1) is 7.63. The van der Waals surface area contributed by atoms with Crippen LogP contribution in [-0.4, -0.2) is 9.78 Å². The first-order valence-electron chi connectivity index (χ1n) is 5.54. The van der Waals surface area contributed by atoms with E-state index in [1.807, 2.05) is 17.8 Å². The highest BCUT2D eigenvalue weighted by atomic mass is 15.3. The van der Waals surface area contributed by atoms with E-state index in [-0.39, 0.29) is 0 Å². The minimum absolute atomic E-state index is 0.741. The van der Waals surface area contributed by atoms with Crippen LogP contribution >= 0.6 is 0 Å². The van der Waals surface area contributed by atoms with Gasteiger partial charge in [0.15, 0.2) is 0 Å². The van der Waals surface area contributed by atoms with Crippen molar-refractivity contribution < 1.29 is 0 Å². The van der Waals surface area contributed by atoms with Gasteiger partial charge in [-0.15, -0.1) is 0 Å². The van der Waals surface area contributed by atoms with Crippen molar-refractivity contribution in [2.75, 3.05) is 5.73 Å². The molecule has 0 atom stereocenters. The number of aryl methyl sites for hydroxylation is 3. The summed E-state index contributed by atoms with van der Waals surface area (Å²) in [7, 11) is 0. The molecule has 16 heavy (non-hydrogen) atoms. The average molecular weight is 215 g/mol. The number of hydrogen-bond donors (Lipinski definition) is 1. The van der Waals surface area contributed by atoms with Crippen molar-refractivity contribution in [2.24, 2.45) is 0 Å². The fourth-order valence-electron chi connectivity index (χ4n) is 1.92. The normalized spacial score (nSPS) is 10.7. The minimum atomic E-state index is 0.741. The minimum Gasteiger partial charge on any atom is -0.396 e. The van der Waals surface area contributed by atoms with Crippen LogP contribution < -0.4 is 5.73 Å². The van der Waals surface area contributed by atoms with Crippen LogP contribution in [0.2, 0.25) is 0 Å². The average Bonchev–Trinajstić information content (AvgIpc) is 2.58. The van der Waals surface area contributed by atoms with Crippen LogP contribution in [-0.2, 0) is 6.42 Å². The van der Waals surface area contributed by atoms with Crippen molar-refractivity contribution >= 4 is 5.69 Å². The number of anilines is 1. The lowest BCUT2D eigenvalue weighted by Crippen LogP contribution is -2.02.